The summed E-state index contributed by atoms with van der Waals surface area (Å²) in [6.45, 7) is 1.57. The van der Waals surface area contributed by atoms with Gasteiger partial charge in [0.05, 0.1) is 22.6 Å². The van der Waals surface area contributed by atoms with Crippen LogP contribution in [-0.2, 0) is 16.2 Å². The Labute approximate surface area is 148 Å². The minimum Gasteiger partial charge on any atom is -0.496 e. The van der Waals surface area contributed by atoms with Gasteiger partial charge < -0.3 is 4.74 Å². The molecule has 0 radical (unpaired) electrons. The van der Waals surface area contributed by atoms with E-state index in [4.69, 9.17) is 16.3 Å². The Kier molecular flexibility index (Phi) is 5.65. The highest BCUT2D eigenvalue weighted by Gasteiger charge is 2.34. The first-order valence-electron chi connectivity index (χ1n) is 7.08. The van der Waals surface area contributed by atoms with Gasteiger partial charge in [0.15, 0.2) is 0 Å². The predicted octanol–water partition coefficient (Wildman–Crippen LogP) is 4.41. The van der Waals surface area contributed by atoms with E-state index in [1.807, 2.05) is 0 Å². The van der Waals surface area contributed by atoms with Gasteiger partial charge in [-0.1, -0.05) is 29.8 Å². The van der Waals surface area contributed by atoms with Crippen LogP contribution in [0.2, 0.25) is 5.02 Å². The second-order valence-electron chi connectivity index (χ2n) is 5.22. The van der Waals surface area contributed by atoms with Crippen LogP contribution >= 0.6 is 11.6 Å². The van der Waals surface area contributed by atoms with Gasteiger partial charge >= 0.3 is 6.18 Å². The van der Waals surface area contributed by atoms with E-state index in [2.05, 4.69) is 4.72 Å². The number of para-hydroxylation sites is 1. The molecule has 25 heavy (non-hydrogen) atoms. The minimum absolute atomic E-state index is 0.463. The molecule has 2 rings (SSSR count). The molecule has 0 bridgehead atoms. The zero-order valence-corrected chi connectivity index (χ0v) is 14.8. The Bertz CT molecular complexity index is 869. The van der Waals surface area contributed by atoms with Gasteiger partial charge in [0.2, 0.25) is 10.0 Å². The van der Waals surface area contributed by atoms with Crippen LogP contribution in [0.1, 0.15) is 24.1 Å². The van der Waals surface area contributed by atoms with E-state index in [0.29, 0.717) is 17.4 Å². The van der Waals surface area contributed by atoms with Crippen molar-refractivity contribution in [3.05, 3.63) is 58.6 Å². The van der Waals surface area contributed by atoms with Crippen molar-refractivity contribution >= 4 is 21.6 Å². The molecule has 1 N–H and O–H groups in total. The standard InChI is InChI=1S/C16H15ClF3NO3S/c1-10(12-5-3-4-6-15(12)24-2)21-25(22,23)11-7-8-14(17)13(9-11)16(18,19)20/h3-10,21H,1-2H3/t10-/m1/s1. The number of ether oxygens (including phenoxy) is 1. The second-order valence-corrected chi connectivity index (χ2v) is 7.35. The summed E-state index contributed by atoms with van der Waals surface area (Å²) in [5.74, 6) is 0.463. The molecule has 0 aliphatic heterocycles. The Morgan fingerprint density at radius 2 is 1.80 bits per heavy atom. The van der Waals surface area contributed by atoms with E-state index in [0.717, 1.165) is 12.1 Å². The predicted molar refractivity (Wildman–Crippen MR) is 88.2 cm³/mol. The first-order valence-corrected chi connectivity index (χ1v) is 8.94. The molecule has 0 aliphatic carbocycles. The number of hydrogen-bond acceptors (Lipinski definition) is 3. The quantitative estimate of drug-likeness (QED) is 0.818. The summed E-state index contributed by atoms with van der Waals surface area (Å²) in [5, 5.41) is -0.566. The molecule has 9 heteroatoms. The molecule has 1 atom stereocenters. The molecule has 0 spiro atoms. The molecule has 0 fully saturated rings. The summed E-state index contributed by atoms with van der Waals surface area (Å²) >= 11 is 5.52. The Hall–Kier alpha value is -1.77. The van der Waals surface area contributed by atoms with Crippen LogP contribution < -0.4 is 9.46 Å². The average molecular weight is 394 g/mol. The molecule has 0 aromatic heterocycles. The van der Waals surface area contributed by atoms with Gasteiger partial charge in [-0.2, -0.15) is 13.2 Å². The third kappa shape index (κ3) is 4.45. The smallest absolute Gasteiger partial charge is 0.417 e. The lowest BCUT2D eigenvalue weighted by Crippen LogP contribution is -2.27. The summed E-state index contributed by atoms with van der Waals surface area (Å²) in [6.07, 6.45) is -4.75. The molecule has 0 heterocycles. The number of alkyl halides is 3. The maximum absolute atomic E-state index is 12.9. The summed E-state index contributed by atoms with van der Waals surface area (Å²) in [4.78, 5) is -0.522. The number of methoxy groups -OCH3 is 1. The molecule has 0 aliphatic rings. The number of rotatable bonds is 5. The van der Waals surface area contributed by atoms with Crippen molar-refractivity contribution in [2.45, 2.75) is 24.0 Å². The monoisotopic (exact) mass is 393 g/mol. The van der Waals surface area contributed by atoms with Gasteiger partial charge in [-0.25, -0.2) is 13.1 Å². The van der Waals surface area contributed by atoms with E-state index in [9.17, 15) is 21.6 Å². The number of hydrogen-bond donors (Lipinski definition) is 1. The van der Waals surface area contributed by atoms with Gasteiger partial charge in [-0.05, 0) is 31.2 Å². The van der Waals surface area contributed by atoms with Gasteiger partial charge in [-0.15, -0.1) is 0 Å². The lowest BCUT2D eigenvalue weighted by Gasteiger charge is -2.18. The highest BCUT2D eigenvalue weighted by atomic mass is 35.5. The molecule has 0 saturated heterocycles. The molecule has 2 aromatic carbocycles. The Morgan fingerprint density at radius 3 is 2.40 bits per heavy atom. The van der Waals surface area contributed by atoms with Crippen molar-refractivity contribution in [3.63, 3.8) is 0 Å². The van der Waals surface area contributed by atoms with Crippen molar-refractivity contribution in [2.24, 2.45) is 0 Å². The normalized spacial score (nSPS) is 13.5. The van der Waals surface area contributed by atoms with Crippen LogP contribution in [-0.4, -0.2) is 15.5 Å². The zero-order valence-electron chi connectivity index (χ0n) is 13.3. The van der Waals surface area contributed by atoms with Gasteiger partial charge in [-0.3, -0.25) is 0 Å². The number of sulfonamides is 1. The van der Waals surface area contributed by atoms with Gasteiger partial charge in [0, 0.05) is 11.6 Å². The third-order valence-electron chi connectivity index (χ3n) is 3.49. The molecule has 0 unspecified atom stereocenters. The maximum Gasteiger partial charge on any atom is 0.417 e. The Morgan fingerprint density at radius 1 is 1.16 bits per heavy atom. The number of halogens is 4. The van der Waals surface area contributed by atoms with E-state index >= 15 is 0 Å². The average Bonchev–Trinajstić information content (AvgIpc) is 2.53. The SMILES string of the molecule is COc1ccccc1[C@@H](C)NS(=O)(=O)c1ccc(Cl)c(C(F)(F)F)c1. The largest absolute Gasteiger partial charge is 0.496 e. The van der Waals surface area contributed by atoms with Crippen LogP contribution in [0, 0.1) is 0 Å². The lowest BCUT2D eigenvalue weighted by molar-refractivity contribution is -0.137. The second kappa shape index (κ2) is 7.23. The van der Waals surface area contributed by atoms with Crippen molar-refractivity contribution in [1.29, 1.82) is 0 Å². The van der Waals surface area contributed by atoms with Crippen molar-refractivity contribution in [1.82, 2.24) is 4.72 Å². The summed E-state index contributed by atoms with van der Waals surface area (Å²) < 4.78 is 71.2. The highest BCUT2D eigenvalue weighted by molar-refractivity contribution is 7.89. The zero-order chi connectivity index (χ0) is 18.8. The van der Waals surface area contributed by atoms with E-state index < -0.39 is 37.7 Å². The van der Waals surface area contributed by atoms with Crippen LogP contribution in [0.3, 0.4) is 0 Å². The van der Waals surface area contributed by atoms with Gasteiger partial charge in [0.1, 0.15) is 5.75 Å². The lowest BCUT2D eigenvalue weighted by atomic mass is 10.1. The molecular formula is C16H15ClF3NO3S. The fraction of sp³-hybridized carbons (Fsp3) is 0.250. The first kappa shape index (κ1) is 19.6. The van der Waals surface area contributed by atoms with Crippen LogP contribution in [0.15, 0.2) is 47.4 Å². The molecule has 0 saturated carbocycles. The summed E-state index contributed by atoms with van der Waals surface area (Å²) in [6, 6.07) is 8.47. The number of benzene rings is 2. The Balaban J connectivity index is 2.36. The third-order valence-corrected chi connectivity index (χ3v) is 5.36. The van der Waals surface area contributed by atoms with Crippen molar-refractivity contribution in [2.75, 3.05) is 7.11 Å². The maximum atomic E-state index is 12.9. The molecular weight excluding hydrogens is 379 g/mol. The molecule has 2 aromatic rings. The fourth-order valence-corrected chi connectivity index (χ4v) is 3.75. The van der Waals surface area contributed by atoms with E-state index in [1.165, 1.54) is 7.11 Å². The van der Waals surface area contributed by atoms with E-state index in [-0.39, 0.29) is 0 Å². The highest BCUT2D eigenvalue weighted by Crippen LogP contribution is 2.36. The minimum atomic E-state index is -4.75. The van der Waals surface area contributed by atoms with Crippen LogP contribution in [0.4, 0.5) is 13.2 Å². The summed E-state index contributed by atoms with van der Waals surface area (Å²) in [5.41, 5.74) is -0.652. The topological polar surface area (TPSA) is 55.4 Å². The first-order chi connectivity index (χ1) is 11.6. The summed E-state index contributed by atoms with van der Waals surface area (Å²) in [7, 11) is -2.76. The number of nitrogens with one attached hydrogen (secondary N) is 1. The molecule has 136 valence electrons. The van der Waals surface area contributed by atoms with Crippen LogP contribution in [0.5, 0.6) is 5.75 Å². The van der Waals surface area contributed by atoms with Gasteiger partial charge in [0.25, 0.3) is 0 Å². The van der Waals surface area contributed by atoms with Crippen molar-refractivity contribution < 1.29 is 26.3 Å². The fourth-order valence-electron chi connectivity index (χ4n) is 2.28. The van der Waals surface area contributed by atoms with Crippen LogP contribution in [0.25, 0.3) is 0 Å². The van der Waals surface area contributed by atoms with E-state index in [1.54, 1.807) is 31.2 Å². The molecule has 4 nitrogen and oxygen atoms in total. The van der Waals surface area contributed by atoms with Crippen molar-refractivity contribution in [3.8, 4) is 5.75 Å². The molecule has 0 amide bonds.